The van der Waals surface area contributed by atoms with Gasteiger partial charge in [0.05, 0.1) is 23.0 Å². The molecule has 0 aliphatic heterocycles. The van der Waals surface area contributed by atoms with Gasteiger partial charge in [-0.15, -0.1) is 11.3 Å². The number of nitrogens with zero attached hydrogens (tertiary/aromatic N) is 3. The summed E-state index contributed by atoms with van der Waals surface area (Å²) in [4.78, 5) is 19.8. The van der Waals surface area contributed by atoms with Gasteiger partial charge < -0.3 is 10.2 Å². The molecule has 3 heterocycles. The van der Waals surface area contributed by atoms with Crippen LogP contribution in [0.15, 0.2) is 24.8 Å². The fourth-order valence-electron chi connectivity index (χ4n) is 1.90. The van der Waals surface area contributed by atoms with Crippen molar-refractivity contribution >= 4 is 23.0 Å². The van der Waals surface area contributed by atoms with Gasteiger partial charge in [0.25, 0.3) is 0 Å². The highest BCUT2D eigenvalue weighted by molar-refractivity contribution is 7.17. The molecule has 96 valence electrons. The SMILES string of the molecule is Cc1c(-c2cnc3cnccn23)sc(C(=O)O)c1O. The molecular formula is C12H9N3O3S. The summed E-state index contributed by atoms with van der Waals surface area (Å²) in [6, 6.07) is 0. The molecule has 6 nitrogen and oxygen atoms in total. The van der Waals surface area contributed by atoms with Crippen LogP contribution in [0.3, 0.4) is 0 Å². The molecule has 0 aliphatic rings. The van der Waals surface area contributed by atoms with Gasteiger partial charge in [0.2, 0.25) is 0 Å². The number of aromatic hydroxyl groups is 1. The molecule has 3 aromatic heterocycles. The Morgan fingerprint density at radius 3 is 2.89 bits per heavy atom. The van der Waals surface area contributed by atoms with Gasteiger partial charge in [0, 0.05) is 18.0 Å². The first-order chi connectivity index (χ1) is 9.09. The maximum atomic E-state index is 11.0. The van der Waals surface area contributed by atoms with Crippen molar-refractivity contribution in [3.63, 3.8) is 0 Å². The van der Waals surface area contributed by atoms with Gasteiger partial charge in [0.1, 0.15) is 5.75 Å². The Morgan fingerprint density at radius 1 is 1.42 bits per heavy atom. The lowest BCUT2D eigenvalue weighted by molar-refractivity contribution is 0.0699. The number of hydrogen-bond acceptors (Lipinski definition) is 5. The Kier molecular flexibility index (Phi) is 2.49. The van der Waals surface area contributed by atoms with Crippen LogP contribution in [0.4, 0.5) is 0 Å². The third-order valence-corrected chi connectivity index (χ3v) is 4.15. The Morgan fingerprint density at radius 2 is 2.21 bits per heavy atom. The van der Waals surface area contributed by atoms with E-state index in [1.54, 1.807) is 36.1 Å². The summed E-state index contributed by atoms with van der Waals surface area (Å²) in [5.74, 6) is -1.32. The van der Waals surface area contributed by atoms with E-state index in [1.165, 1.54) is 0 Å². The van der Waals surface area contributed by atoms with Crippen LogP contribution in [0, 0.1) is 6.92 Å². The molecule has 0 bridgehead atoms. The third kappa shape index (κ3) is 1.66. The lowest BCUT2D eigenvalue weighted by Gasteiger charge is -1.99. The number of hydrogen-bond donors (Lipinski definition) is 2. The average Bonchev–Trinajstić information content (AvgIpc) is 2.93. The molecule has 19 heavy (non-hydrogen) atoms. The summed E-state index contributed by atoms with van der Waals surface area (Å²) in [5.41, 5.74) is 1.95. The standard InChI is InChI=1S/C12H9N3O3S/c1-6-9(16)11(12(17)18)19-10(6)7-4-14-8-5-13-2-3-15(7)8/h2-5,16H,1H3,(H,17,18). The van der Waals surface area contributed by atoms with E-state index >= 15 is 0 Å². The lowest BCUT2D eigenvalue weighted by Crippen LogP contribution is -1.91. The normalized spacial score (nSPS) is 11.0. The molecule has 0 radical (unpaired) electrons. The molecule has 2 N–H and O–H groups in total. The van der Waals surface area contributed by atoms with E-state index in [2.05, 4.69) is 9.97 Å². The molecule has 3 rings (SSSR count). The van der Waals surface area contributed by atoms with E-state index < -0.39 is 5.97 Å². The highest BCUT2D eigenvalue weighted by Gasteiger charge is 2.22. The number of thiophene rings is 1. The molecule has 0 saturated heterocycles. The molecular weight excluding hydrogens is 266 g/mol. The molecule has 0 unspecified atom stereocenters. The molecule has 0 saturated carbocycles. The zero-order valence-corrected chi connectivity index (χ0v) is 10.7. The maximum absolute atomic E-state index is 11.0. The number of fused-ring (bicyclic) bond motifs is 1. The van der Waals surface area contributed by atoms with Crippen LogP contribution in [0.1, 0.15) is 15.2 Å². The molecule has 7 heteroatoms. The van der Waals surface area contributed by atoms with Gasteiger partial charge >= 0.3 is 5.97 Å². The molecule has 3 aromatic rings. The Bertz CT molecular complexity index is 791. The first kappa shape index (κ1) is 11.7. The van der Waals surface area contributed by atoms with E-state index in [-0.39, 0.29) is 10.6 Å². The zero-order chi connectivity index (χ0) is 13.6. The van der Waals surface area contributed by atoms with E-state index in [0.717, 1.165) is 17.0 Å². The van der Waals surface area contributed by atoms with Crippen molar-refractivity contribution < 1.29 is 15.0 Å². The second-order valence-electron chi connectivity index (χ2n) is 3.99. The molecule has 0 aliphatic carbocycles. The van der Waals surface area contributed by atoms with Crippen LogP contribution in [0.25, 0.3) is 16.2 Å². The second-order valence-corrected chi connectivity index (χ2v) is 5.01. The maximum Gasteiger partial charge on any atom is 0.349 e. The Balaban J connectivity index is 2.28. The van der Waals surface area contributed by atoms with Crippen molar-refractivity contribution in [3.05, 3.63) is 35.2 Å². The Labute approximate surface area is 111 Å². The first-order valence-corrected chi connectivity index (χ1v) is 6.24. The zero-order valence-electron chi connectivity index (χ0n) is 9.86. The average molecular weight is 275 g/mol. The van der Waals surface area contributed by atoms with Crippen LogP contribution in [0.5, 0.6) is 5.75 Å². The predicted molar refractivity (Wildman–Crippen MR) is 69.7 cm³/mol. The third-order valence-electron chi connectivity index (χ3n) is 2.86. The highest BCUT2D eigenvalue weighted by Crippen LogP contribution is 2.40. The van der Waals surface area contributed by atoms with Gasteiger partial charge in [-0.3, -0.25) is 9.38 Å². The summed E-state index contributed by atoms with van der Waals surface area (Å²) >= 11 is 1.04. The quantitative estimate of drug-likeness (QED) is 0.748. The summed E-state index contributed by atoms with van der Waals surface area (Å²) in [7, 11) is 0. The molecule has 0 fully saturated rings. The number of carboxylic acid groups (broad SMARTS) is 1. The van der Waals surface area contributed by atoms with Crippen LogP contribution >= 0.6 is 11.3 Å². The van der Waals surface area contributed by atoms with Gasteiger partial charge in [0.15, 0.2) is 10.5 Å². The monoisotopic (exact) mass is 275 g/mol. The Hall–Kier alpha value is -2.41. The van der Waals surface area contributed by atoms with Crippen molar-refractivity contribution in [1.82, 2.24) is 14.4 Å². The van der Waals surface area contributed by atoms with Gasteiger partial charge in [-0.05, 0) is 6.92 Å². The molecule has 0 atom stereocenters. The van der Waals surface area contributed by atoms with Crippen molar-refractivity contribution in [2.24, 2.45) is 0 Å². The van der Waals surface area contributed by atoms with Crippen molar-refractivity contribution in [3.8, 4) is 16.3 Å². The number of aromatic nitrogens is 3. The molecule has 0 amide bonds. The van der Waals surface area contributed by atoms with Gasteiger partial charge in [-0.25, -0.2) is 9.78 Å². The minimum Gasteiger partial charge on any atom is -0.506 e. The number of rotatable bonds is 2. The van der Waals surface area contributed by atoms with Crippen molar-refractivity contribution in [2.75, 3.05) is 0 Å². The first-order valence-electron chi connectivity index (χ1n) is 5.42. The minimum atomic E-state index is -1.13. The van der Waals surface area contributed by atoms with Crippen molar-refractivity contribution in [1.29, 1.82) is 0 Å². The van der Waals surface area contributed by atoms with Crippen LogP contribution < -0.4 is 0 Å². The van der Waals surface area contributed by atoms with Gasteiger partial charge in [-0.2, -0.15) is 0 Å². The van der Waals surface area contributed by atoms with Gasteiger partial charge in [-0.1, -0.05) is 0 Å². The van der Waals surface area contributed by atoms with E-state index in [1.807, 2.05) is 0 Å². The fraction of sp³-hybridized carbons (Fsp3) is 0.0833. The number of carbonyl (C=O) groups is 1. The van der Waals surface area contributed by atoms with E-state index in [4.69, 9.17) is 5.11 Å². The molecule has 0 spiro atoms. The predicted octanol–water partition coefficient (Wildman–Crippen LogP) is 2.17. The summed E-state index contributed by atoms with van der Waals surface area (Å²) in [6.45, 7) is 1.69. The minimum absolute atomic E-state index is 0.0588. The number of imidazole rings is 1. The second kappa shape index (κ2) is 4.06. The lowest BCUT2D eigenvalue weighted by atomic mass is 10.2. The number of aromatic carboxylic acids is 1. The molecule has 0 aromatic carbocycles. The largest absolute Gasteiger partial charge is 0.506 e. The number of carboxylic acids is 1. The highest BCUT2D eigenvalue weighted by atomic mass is 32.1. The van der Waals surface area contributed by atoms with Crippen LogP contribution in [-0.2, 0) is 0 Å². The summed E-state index contributed by atoms with van der Waals surface area (Å²) in [6.07, 6.45) is 6.62. The van der Waals surface area contributed by atoms with Crippen LogP contribution in [-0.4, -0.2) is 30.6 Å². The van der Waals surface area contributed by atoms with E-state index in [0.29, 0.717) is 16.1 Å². The smallest absolute Gasteiger partial charge is 0.349 e. The summed E-state index contributed by atoms with van der Waals surface area (Å²) < 4.78 is 1.80. The van der Waals surface area contributed by atoms with Crippen molar-refractivity contribution in [2.45, 2.75) is 6.92 Å². The fourth-order valence-corrected chi connectivity index (χ4v) is 2.95. The van der Waals surface area contributed by atoms with E-state index in [9.17, 15) is 9.90 Å². The van der Waals surface area contributed by atoms with Crippen LogP contribution in [0.2, 0.25) is 0 Å². The summed E-state index contributed by atoms with van der Waals surface area (Å²) in [5, 5.41) is 18.9. The topological polar surface area (TPSA) is 87.7 Å².